The molecule has 0 aliphatic heterocycles. The third kappa shape index (κ3) is 3.52. The van der Waals surface area contributed by atoms with Crippen LogP contribution in [0.25, 0.3) is 0 Å². The summed E-state index contributed by atoms with van der Waals surface area (Å²) in [6.45, 7) is 0.750. The van der Waals surface area contributed by atoms with Crippen molar-refractivity contribution in [2.75, 3.05) is 27.4 Å². The van der Waals surface area contributed by atoms with Crippen LogP contribution in [0.4, 0.5) is 0 Å². The van der Waals surface area contributed by atoms with Gasteiger partial charge in [-0.25, -0.2) is 0 Å². The van der Waals surface area contributed by atoms with E-state index < -0.39 is 0 Å². The first-order valence-electron chi connectivity index (χ1n) is 4.89. The van der Waals surface area contributed by atoms with E-state index in [4.69, 9.17) is 33.0 Å². The quantitative estimate of drug-likeness (QED) is 0.829. The van der Waals surface area contributed by atoms with Crippen LogP contribution in [0.15, 0.2) is 12.1 Å². The highest BCUT2D eigenvalue weighted by atomic mass is 35.5. The van der Waals surface area contributed by atoms with E-state index >= 15 is 0 Å². The van der Waals surface area contributed by atoms with Crippen LogP contribution in [-0.2, 0) is 6.42 Å². The number of hydrogen-bond donors (Lipinski definition) is 1. The van der Waals surface area contributed by atoms with Crippen LogP contribution in [0.2, 0.25) is 10.0 Å². The molecule has 0 spiro atoms. The van der Waals surface area contributed by atoms with Gasteiger partial charge in [0.25, 0.3) is 0 Å². The molecule has 5 heteroatoms. The number of ether oxygens (including phenoxy) is 1. The third-order valence-corrected chi connectivity index (χ3v) is 2.97. The molecule has 16 heavy (non-hydrogen) atoms. The fourth-order valence-electron chi connectivity index (χ4n) is 1.30. The van der Waals surface area contributed by atoms with Crippen molar-refractivity contribution in [2.45, 2.75) is 6.42 Å². The zero-order chi connectivity index (χ0) is 12.1. The summed E-state index contributed by atoms with van der Waals surface area (Å²) in [4.78, 5) is 1.79. The van der Waals surface area contributed by atoms with E-state index in [1.54, 1.807) is 24.1 Å². The van der Waals surface area contributed by atoms with Gasteiger partial charge in [-0.1, -0.05) is 23.2 Å². The number of halogens is 2. The van der Waals surface area contributed by atoms with Crippen LogP contribution < -0.4 is 4.74 Å². The minimum Gasteiger partial charge on any atom is -0.495 e. The predicted molar refractivity (Wildman–Crippen MR) is 66.4 cm³/mol. The van der Waals surface area contributed by atoms with Gasteiger partial charge in [0, 0.05) is 17.6 Å². The molecule has 1 N–H and O–H groups in total. The molecule has 0 aliphatic carbocycles. The number of aliphatic hydroxyl groups excluding tert-OH is 1. The number of hydrogen-bond acceptors (Lipinski definition) is 3. The van der Waals surface area contributed by atoms with E-state index in [0.29, 0.717) is 15.8 Å². The van der Waals surface area contributed by atoms with Gasteiger partial charge < -0.3 is 9.84 Å². The first-order valence-corrected chi connectivity index (χ1v) is 5.65. The second-order valence-corrected chi connectivity index (χ2v) is 4.36. The Kier molecular flexibility index (Phi) is 5.35. The van der Waals surface area contributed by atoms with Gasteiger partial charge in [-0.2, -0.15) is 0 Å². The molecule has 1 aromatic rings. The van der Waals surface area contributed by atoms with Crippen molar-refractivity contribution >= 4 is 23.2 Å². The Hall–Kier alpha value is -0.480. The lowest BCUT2D eigenvalue weighted by molar-refractivity contribution is 0.134. The summed E-state index contributed by atoms with van der Waals surface area (Å²) >= 11 is 12.1. The Morgan fingerprint density at radius 2 is 2.00 bits per heavy atom. The lowest BCUT2D eigenvalue weighted by Gasteiger charge is -2.14. The molecule has 0 aromatic heterocycles. The molecule has 0 atom stereocenters. The molecule has 1 rings (SSSR count). The fraction of sp³-hybridized carbons (Fsp3) is 0.455. The highest BCUT2D eigenvalue weighted by Crippen LogP contribution is 2.31. The van der Waals surface area contributed by atoms with E-state index in [9.17, 15) is 0 Å². The summed E-state index contributed by atoms with van der Waals surface area (Å²) in [6, 6.07) is 3.51. The Balaban J connectivity index is 2.77. The van der Waals surface area contributed by atoms with Crippen molar-refractivity contribution in [3.8, 4) is 5.75 Å². The average Bonchev–Trinajstić information content (AvgIpc) is 2.29. The lowest BCUT2D eigenvalue weighted by Crippen LogP contribution is -2.22. The number of methoxy groups -OCH3 is 1. The molecule has 0 bridgehead atoms. The molecule has 3 nitrogen and oxygen atoms in total. The maximum atomic E-state index is 8.87. The number of rotatable bonds is 5. The van der Waals surface area contributed by atoms with Crippen LogP contribution in [0, 0.1) is 0 Å². The topological polar surface area (TPSA) is 32.7 Å². The molecule has 0 radical (unpaired) electrons. The summed E-state index contributed by atoms with van der Waals surface area (Å²) in [7, 11) is 3.38. The number of aliphatic hydroxyl groups is 1. The van der Waals surface area contributed by atoms with Gasteiger partial charge in [0.05, 0.1) is 18.9 Å². The number of likely N-dealkylation sites (N-methyl/N-ethyl adjacent to an activating group) is 1. The monoisotopic (exact) mass is 263 g/mol. The maximum Gasteiger partial charge on any atom is 0.138 e. The van der Waals surface area contributed by atoms with Crippen LogP contribution in [-0.4, -0.2) is 37.4 Å². The Bertz CT molecular complexity index is 358. The molecule has 0 saturated heterocycles. The smallest absolute Gasteiger partial charge is 0.138 e. The second-order valence-electron chi connectivity index (χ2n) is 3.55. The van der Waals surface area contributed by atoms with Gasteiger partial charge in [0.2, 0.25) is 0 Å². The van der Waals surface area contributed by atoms with Crippen molar-refractivity contribution in [2.24, 2.45) is 0 Å². The molecular weight excluding hydrogens is 249 g/mol. The molecule has 1 aromatic carbocycles. The number of nitrogens with zero attached hydrogens (tertiary/aromatic N) is 1. The van der Waals surface area contributed by atoms with Gasteiger partial charge in [-0.15, -0.1) is 0 Å². The van der Waals surface area contributed by atoms with Gasteiger partial charge in [0.1, 0.15) is 5.75 Å². The van der Waals surface area contributed by atoms with Crippen molar-refractivity contribution in [1.82, 2.24) is 4.90 Å². The molecule has 0 amide bonds. The fourth-order valence-corrected chi connectivity index (χ4v) is 1.81. The highest BCUT2D eigenvalue weighted by molar-refractivity contribution is 6.34. The summed E-state index contributed by atoms with van der Waals surface area (Å²) in [5, 5.41) is 10.0. The second kappa shape index (κ2) is 6.30. The van der Waals surface area contributed by atoms with Crippen LogP contribution in [0.1, 0.15) is 5.56 Å². The predicted octanol–water partition coefficient (Wildman–Crippen LogP) is 2.43. The van der Waals surface area contributed by atoms with Gasteiger partial charge in [0.15, 0.2) is 0 Å². The molecular formula is C11H15Cl2NO2. The normalized spacial score (nSPS) is 10.9. The summed E-state index contributed by atoms with van der Waals surface area (Å²) in [5.74, 6) is 0.575. The average molecular weight is 264 g/mol. The summed E-state index contributed by atoms with van der Waals surface area (Å²) < 4.78 is 5.06. The largest absolute Gasteiger partial charge is 0.495 e. The van der Waals surface area contributed by atoms with E-state index in [-0.39, 0.29) is 6.73 Å². The highest BCUT2D eigenvalue weighted by Gasteiger charge is 2.08. The van der Waals surface area contributed by atoms with E-state index in [2.05, 4.69) is 0 Å². The first-order chi connectivity index (χ1) is 7.58. The van der Waals surface area contributed by atoms with Crippen LogP contribution in [0.5, 0.6) is 5.75 Å². The molecule has 90 valence electrons. The number of benzene rings is 1. The molecule has 0 saturated carbocycles. The molecule has 0 aliphatic rings. The minimum absolute atomic E-state index is 0.0293. The zero-order valence-electron chi connectivity index (χ0n) is 9.33. The van der Waals surface area contributed by atoms with Gasteiger partial charge in [-0.3, -0.25) is 4.90 Å². The lowest BCUT2D eigenvalue weighted by atomic mass is 10.1. The van der Waals surface area contributed by atoms with Crippen molar-refractivity contribution in [1.29, 1.82) is 0 Å². The zero-order valence-corrected chi connectivity index (χ0v) is 10.8. The maximum absolute atomic E-state index is 8.87. The van der Waals surface area contributed by atoms with Crippen LogP contribution in [0.3, 0.4) is 0 Å². The van der Waals surface area contributed by atoms with Crippen molar-refractivity contribution in [3.05, 3.63) is 27.7 Å². The SMILES string of the molecule is COc1cc(Cl)c(CCN(C)CO)cc1Cl. The first kappa shape index (κ1) is 13.6. The van der Waals surface area contributed by atoms with Gasteiger partial charge in [-0.05, 0) is 25.1 Å². The van der Waals surface area contributed by atoms with E-state index in [1.165, 1.54) is 0 Å². The molecule has 0 fully saturated rings. The van der Waals surface area contributed by atoms with Crippen molar-refractivity contribution < 1.29 is 9.84 Å². The Morgan fingerprint density at radius 3 is 2.56 bits per heavy atom. The summed E-state index contributed by atoms with van der Waals surface area (Å²) in [5.41, 5.74) is 0.952. The van der Waals surface area contributed by atoms with Crippen molar-refractivity contribution in [3.63, 3.8) is 0 Å². The standard InChI is InChI=1S/C11H15Cl2NO2/c1-14(7-15)4-3-8-5-10(13)11(16-2)6-9(8)12/h5-6,15H,3-4,7H2,1-2H3. The van der Waals surface area contributed by atoms with E-state index in [0.717, 1.165) is 18.5 Å². The third-order valence-electron chi connectivity index (χ3n) is 2.33. The van der Waals surface area contributed by atoms with Crippen LogP contribution >= 0.6 is 23.2 Å². The van der Waals surface area contributed by atoms with E-state index in [1.807, 2.05) is 7.05 Å². The summed E-state index contributed by atoms with van der Waals surface area (Å²) in [6.07, 6.45) is 0.736. The Labute approximate surface area is 106 Å². The Morgan fingerprint density at radius 1 is 1.31 bits per heavy atom. The minimum atomic E-state index is 0.0293. The molecule has 0 heterocycles. The van der Waals surface area contributed by atoms with Gasteiger partial charge >= 0.3 is 0 Å². The molecule has 0 unspecified atom stereocenters.